The minimum absolute atomic E-state index is 0.0172. The van der Waals surface area contributed by atoms with Crippen molar-refractivity contribution < 1.29 is 44.9 Å². The van der Waals surface area contributed by atoms with Crippen molar-refractivity contribution in [3.05, 3.63) is 72.7 Å². The first-order valence-corrected chi connectivity index (χ1v) is 11.9. The first-order chi connectivity index (χ1) is 17.5. The van der Waals surface area contributed by atoms with Crippen molar-refractivity contribution in [2.75, 3.05) is 18.9 Å². The van der Waals surface area contributed by atoms with Crippen LogP contribution < -0.4 is 23.7 Å². The third-order valence-corrected chi connectivity index (χ3v) is 6.40. The third-order valence-electron chi connectivity index (χ3n) is 4.99. The molecule has 4 rings (SSSR count). The van der Waals surface area contributed by atoms with E-state index in [0.717, 1.165) is 24.3 Å². The fraction of sp³-hybridized carbons (Fsp3) is 0.125. The number of para-hydroxylation sites is 1. The van der Waals surface area contributed by atoms with Crippen LogP contribution in [0.5, 0.6) is 28.7 Å². The summed E-state index contributed by atoms with van der Waals surface area (Å²) in [5, 5.41) is 0.534. The van der Waals surface area contributed by atoms with E-state index in [-0.39, 0.29) is 5.75 Å². The van der Waals surface area contributed by atoms with Gasteiger partial charge in [0.15, 0.2) is 17.3 Å². The van der Waals surface area contributed by atoms with Gasteiger partial charge in [0, 0.05) is 17.6 Å². The maximum Gasteiger partial charge on any atom is 0.573 e. The normalized spacial score (nSPS) is 11.7. The quantitative estimate of drug-likeness (QED) is 0.280. The standard InChI is InChI=1S/C24H18F4N2O6S/c1-33-20-10-8-15-18(11-12-29-22(15)23(20)34-2)35-14-7-9-17(16(25)13-14)30-37(31,32)21-6-4-3-5-19(21)36-24(26,27)28/h3-13,30H,1-2H3. The van der Waals surface area contributed by atoms with Gasteiger partial charge >= 0.3 is 6.36 Å². The zero-order valence-corrected chi connectivity index (χ0v) is 20.0. The summed E-state index contributed by atoms with van der Waals surface area (Å²) in [5.74, 6) is -0.853. The Kier molecular flexibility index (Phi) is 6.99. The number of benzene rings is 3. The van der Waals surface area contributed by atoms with Crippen LogP contribution in [0.2, 0.25) is 0 Å². The number of ether oxygens (including phenoxy) is 4. The topological polar surface area (TPSA) is 96.0 Å². The third kappa shape index (κ3) is 5.61. The molecule has 0 atom stereocenters. The average Bonchev–Trinajstić information content (AvgIpc) is 2.84. The van der Waals surface area contributed by atoms with Gasteiger partial charge in [0.05, 0.1) is 19.9 Å². The molecule has 1 aromatic heterocycles. The molecule has 0 spiro atoms. The SMILES string of the molecule is COc1ccc2c(Oc3ccc(NS(=O)(=O)c4ccccc4OC(F)(F)F)c(F)c3)ccnc2c1OC. The molecule has 4 aromatic rings. The Morgan fingerprint density at radius 3 is 2.32 bits per heavy atom. The Balaban J connectivity index is 1.61. The number of halogens is 4. The number of nitrogens with zero attached hydrogens (tertiary/aromatic N) is 1. The van der Waals surface area contributed by atoms with Crippen LogP contribution in [-0.4, -0.2) is 34.0 Å². The van der Waals surface area contributed by atoms with Crippen molar-refractivity contribution in [1.29, 1.82) is 0 Å². The molecule has 0 aliphatic carbocycles. The van der Waals surface area contributed by atoms with Crippen LogP contribution in [0.3, 0.4) is 0 Å². The first kappa shape index (κ1) is 25.8. The Labute approximate surface area is 208 Å². The van der Waals surface area contributed by atoms with Gasteiger partial charge in [-0.15, -0.1) is 13.2 Å². The molecule has 8 nitrogen and oxygen atoms in total. The number of fused-ring (bicyclic) bond motifs is 1. The summed E-state index contributed by atoms with van der Waals surface area (Å²) in [7, 11) is -1.71. The fourth-order valence-electron chi connectivity index (χ4n) is 3.45. The predicted molar refractivity (Wildman–Crippen MR) is 125 cm³/mol. The molecule has 0 saturated heterocycles. The number of hydrogen-bond donors (Lipinski definition) is 1. The van der Waals surface area contributed by atoms with E-state index in [1.807, 2.05) is 4.72 Å². The summed E-state index contributed by atoms with van der Waals surface area (Å²) in [4.78, 5) is 3.46. The molecule has 37 heavy (non-hydrogen) atoms. The van der Waals surface area contributed by atoms with E-state index in [2.05, 4.69) is 9.72 Å². The number of methoxy groups -OCH3 is 2. The molecule has 13 heteroatoms. The van der Waals surface area contributed by atoms with Gasteiger partial charge in [0.2, 0.25) is 0 Å². The van der Waals surface area contributed by atoms with Crippen molar-refractivity contribution in [2.45, 2.75) is 11.3 Å². The van der Waals surface area contributed by atoms with Crippen LogP contribution in [0.15, 0.2) is 71.8 Å². The number of nitrogens with one attached hydrogen (secondary N) is 1. The fourth-order valence-corrected chi connectivity index (χ4v) is 4.64. The number of alkyl halides is 3. The van der Waals surface area contributed by atoms with Gasteiger partial charge in [0.25, 0.3) is 10.0 Å². The van der Waals surface area contributed by atoms with E-state index >= 15 is 0 Å². The zero-order valence-electron chi connectivity index (χ0n) is 19.2. The zero-order chi connectivity index (χ0) is 26.8. The Morgan fingerprint density at radius 1 is 0.892 bits per heavy atom. The summed E-state index contributed by atoms with van der Waals surface area (Å²) in [6.07, 6.45) is -3.67. The van der Waals surface area contributed by atoms with Crippen LogP contribution in [0.4, 0.5) is 23.2 Å². The maximum atomic E-state index is 14.8. The second kappa shape index (κ2) is 10.0. The number of sulfonamides is 1. The van der Waals surface area contributed by atoms with E-state index in [4.69, 9.17) is 14.2 Å². The monoisotopic (exact) mass is 538 g/mol. The van der Waals surface area contributed by atoms with Crippen LogP contribution in [0.25, 0.3) is 10.9 Å². The summed E-state index contributed by atoms with van der Waals surface area (Å²) in [5.41, 5.74) is -0.0795. The van der Waals surface area contributed by atoms with E-state index in [0.29, 0.717) is 28.2 Å². The highest BCUT2D eigenvalue weighted by Crippen LogP contribution is 2.39. The molecular formula is C24H18F4N2O6S. The Bertz CT molecular complexity index is 1560. The lowest BCUT2D eigenvalue weighted by Crippen LogP contribution is -2.21. The van der Waals surface area contributed by atoms with Gasteiger partial charge in [-0.25, -0.2) is 12.8 Å². The van der Waals surface area contributed by atoms with E-state index in [1.54, 1.807) is 18.2 Å². The van der Waals surface area contributed by atoms with Crippen molar-refractivity contribution in [3.8, 4) is 28.7 Å². The van der Waals surface area contributed by atoms with Gasteiger partial charge in [-0.2, -0.15) is 0 Å². The summed E-state index contributed by atoms with van der Waals surface area (Å²) >= 11 is 0. The molecule has 0 unspecified atom stereocenters. The highest BCUT2D eigenvalue weighted by atomic mass is 32.2. The van der Waals surface area contributed by atoms with Crippen molar-refractivity contribution in [2.24, 2.45) is 0 Å². The maximum absolute atomic E-state index is 14.8. The summed E-state index contributed by atoms with van der Waals surface area (Å²) in [6.45, 7) is 0. The van der Waals surface area contributed by atoms with Crippen molar-refractivity contribution in [1.82, 2.24) is 4.98 Å². The smallest absolute Gasteiger partial charge is 0.493 e. The van der Waals surface area contributed by atoms with E-state index in [9.17, 15) is 26.0 Å². The van der Waals surface area contributed by atoms with Crippen LogP contribution in [0.1, 0.15) is 0 Å². The lowest BCUT2D eigenvalue weighted by Gasteiger charge is -2.15. The number of hydrogen-bond acceptors (Lipinski definition) is 7. The van der Waals surface area contributed by atoms with Crippen molar-refractivity contribution >= 4 is 26.6 Å². The highest BCUT2D eigenvalue weighted by molar-refractivity contribution is 7.92. The minimum atomic E-state index is -5.12. The van der Waals surface area contributed by atoms with E-state index < -0.39 is 38.5 Å². The van der Waals surface area contributed by atoms with Gasteiger partial charge in [-0.3, -0.25) is 9.71 Å². The molecule has 1 N–H and O–H groups in total. The molecule has 0 amide bonds. The number of aromatic nitrogens is 1. The molecule has 0 aliphatic rings. The van der Waals surface area contributed by atoms with Gasteiger partial charge < -0.3 is 18.9 Å². The second-order valence-corrected chi connectivity index (χ2v) is 9.00. The van der Waals surface area contributed by atoms with Crippen LogP contribution in [-0.2, 0) is 10.0 Å². The average molecular weight is 538 g/mol. The Morgan fingerprint density at radius 2 is 1.65 bits per heavy atom. The number of anilines is 1. The lowest BCUT2D eigenvalue weighted by atomic mass is 10.1. The first-order valence-electron chi connectivity index (χ1n) is 10.4. The molecule has 0 saturated carbocycles. The molecule has 1 heterocycles. The second-order valence-electron chi connectivity index (χ2n) is 7.35. The molecule has 3 aromatic carbocycles. The number of pyridine rings is 1. The molecule has 194 valence electrons. The number of rotatable bonds is 8. The van der Waals surface area contributed by atoms with E-state index in [1.165, 1.54) is 38.6 Å². The summed E-state index contributed by atoms with van der Waals surface area (Å²) in [6, 6.07) is 12.2. The summed E-state index contributed by atoms with van der Waals surface area (Å²) < 4.78 is 100. The highest BCUT2D eigenvalue weighted by Gasteiger charge is 2.34. The molecular weight excluding hydrogens is 520 g/mol. The van der Waals surface area contributed by atoms with Gasteiger partial charge in [0.1, 0.15) is 27.7 Å². The molecule has 0 radical (unpaired) electrons. The molecule has 0 bridgehead atoms. The van der Waals surface area contributed by atoms with Crippen molar-refractivity contribution in [3.63, 3.8) is 0 Å². The lowest BCUT2D eigenvalue weighted by molar-refractivity contribution is -0.275. The largest absolute Gasteiger partial charge is 0.573 e. The van der Waals surface area contributed by atoms with Crippen LogP contribution in [0, 0.1) is 5.82 Å². The predicted octanol–water partition coefficient (Wildman–Crippen LogP) is 5.88. The van der Waals surface area contributed by atoms with Gasteiger partial charge in [-0.1, -0.05) is 12.1 Å². The molecule has 0 fully saturated rings. The molecule has 0 aliphatic heterocycles. The Hall–Kier alpha value is -4.26. The minimum Gasteiger partial charge on any atom is -0.493 e. The van der Waals surface area contributed by atoms with Gasteiger partial charge in [-0.05, 0) is 42.5 Å². The van der Waals surface area contributed by atoms with Crippen LogP contribution >= 0.6 is 0 Å².